The molecular formula is C25H30O10. The fourth-order valence-electron chi connectivity index (χ4n) is 3.89. The number of ether oxygens (including phenoxy) is 3. The maximum absolute atomic E-state index is 11.5. The van der Waals surface area contributed by atoms with Gasteiger partial charge in [0.2, 0.25) is 6.29 Å². The zero-order chi connectivity index (χ0) is 25.9. The van der Waals surface area contributed by atoms with Gasteiger partial charge in [0, 0.05) is 11.1 Å². The Kier molecular flexibility index (Phi) is 8.49. The van der Waals surface area contributed by atoms with Crippen molar-refractivity contribution in [3.63, 3.8) is 0 Å². The molecule has 0 aliphatic carbocycles. The average molecular weight is 491 g/mol. The Morgan fingerprint density at radius 3 is 2.31 bits per heavy atom. The van der Waals surface area contributed by atoms with Crippen molar-refractivity contribution < 1.29 is 49.6 Å². The standard InChI is InChI=1S/C25H30O10/c1-4-17(27)14-6-8-19(34-25-22(30)20(28)21(29)23(35-25)24(31)32)16(11-14)15-10-13(9-12(2)26)5-7-18(15)33-3/h4-8,10-12,17,20-23,25-30H,1,9H2,2-3H3,(H,31,32)/t12?,17?,20-,21-,22+,23-,25+/m0/s1. The highest BCUT2D eigenvalue weighted by molar-refractivity contribution is 5.77. The number of carbonyl (C=O) groups is 1. The molecule has 10 heteroatoms. The van der Waals surface area contributed by atoms with E-state index < -0.39 is 48.9 Å². The van der Waals surface area contributed by atoms with E-state index in [0.29, 0.717) is 28.9 Å². The summed E-state index contributed by atoms with van der Waals surface area (Å²) in [7, 11) is 1.47. The van der Waals surface area contributed by atoms with Crippen LogP contribution in [0.25, 0.3) is 11.1 Å². The Labute approximate surface area is 202 Å². The summed E-state index contributed by atoms with van der Waals surface area (Å²) in [6, 6.07) is 9.92. The molecule has 1 fully saturated rings. The van der Waals surface area contributed by atoms with E-state index in [0.717, 1.165) is 5.56 Å². The van der Waals surface area contributed by atoms with Gasteiger partial charge in [-0.2, -0.15) is 0 Å². The molecule has 1 saturated heterocycles. The van der Waals surface area contributed by atoms with Gasteiger partial charge in [0.05, 0.1) is 19.3 Å². The van der Waals surface area contributed by atoms with Gasteiger partial charge in [-0.15, -0.1) is 6.58 Å². The van der Waals surface area contributed by atoms with Crippen LogP contribution in [0.3, 0.4) is 0 Å². The Morgan fingerprint density at radius 1 is 1.06 bits per heavy atom. The highest BCUT2D eigenvalue weighted by atomic mass is 16.7. The van der Waals surface area contributed by atoms with Gasteiger partial charge in [0.25, 0.3) is 0 Å². The minimum Gasteiger partial charge on any atom is -0.496 e. The van der Waals surface area contributed by atoms with Crippen LogP contribution in [0.5, 0.6) is 11.5 Å². The number of rotatable bonds is 9. The predicted molar refractivity (Wildman–Crippen MR) is 124 cm³/mol. The number of methoxy groups -OCH3 is 1. The fraction of sp³-hybridized carbons (Fsp3) is 0.400. The molecule has 0 bridgehead atoms. The third-order valence-corrected chi connectivity index (χ3v) is 5.71. The first-order chi connectivity index (χ1) is 16.6. The zero-order valence-electron chi connectivity index (χ0n) is 19.3. The van der Waals surface area contributed by atoms with E-state index in [4.69, 9.17) is 14.2 Å². The summed E-state index contributed by atoms with van der Waals surface area (Å²) in [5.74, 6) is -0.970. The Hall–Kier alpha value is -2.99. The second-order valence-corrected chi connectivity index (χ2v) is 8.38. The number of carboxylic acids is 1. The van der Waals surface area contributed by atoms with Crippen LogP contribution in [-0.4, -0.2) is 80.5 Å². The largest absolute Gasteiger partial charge is 0.496 e. The van der Waals surface area contributed by atoms with Gasteiger partial charge in [0.15, 0.2) is 6.10 Å². The average Bonchev–Trinajstić information content (AvgIpc) is 2.83. The Balaban J connectivity index is 2.10. The lowest BCUT2D eigenvalue weighted by Crippen LogP contribution is -2.61. The van der Waals surface area contributed by atoms with Crippen LogP contribution in [0.1, 0.15) is 24.2 Å². The second-order valence-electron chi connectivity index (χ2n) is 8.38. The number of aliphatic hydroxyl groups excluding tert-OH is 5. The summed E-state index contributed by atoms with van der Waals surface area (Å²) >= 11 is 0. The van der Waals surface area contributed by atoms with E-state index in [1.165, 1.54) is 19.3 Å². The summed E-state index contributed by atoms with van der Waals surface area (Å²) in [5, 5.41) is 59.9. The van der Waals surface area contributed by atoms with E-state index in [-0.39, 0.29) is 5.75 Å². The van der Waals surface area contributed by atoms with Crippen molar-refractivity contribution in [1.29, 1.82) is 0 Å². The van der Waals surface area contributed by atoms with Gasteiger partial charge in [-0.3, -0.25) is 0 Å². The van der Waals surface area contributed by atoms with Gasteiger partial charge in [-0.05, 0) is 48.7 Å². The van der Waals surface area contributed by atoms with Crippen LogP contribution >= 0.6 is 0 Å². The Bertz CT molecular complexity index is 1050. The van der Waals surface area contributed by atoms with Crippen molar-refractivity contribution in [2.75, 3.05) is 7.11 Å². The molecular weight excluding hydrogens is 460 g/mol. The maximum Gasteiger partial charge on any atom is 0.335 e. The van der Waals surface area contributed by atoms with E-state index >= 15 is 0 Å². The number of aliphatic carboxylic acids is 1. The third-order valence-electron chi connectivity index (χ3n) is 5.71. The van der Waals surface area contributed by atoms with Crippen molar-refractivity contribution in [3.05, 3.63) is 60.2 Å². The second kappa shape index (κ2) is 11.2. The summed E-state index contributed by atoms with van der Waals surface area (Å²) in [6.45, 7) is 5.24. The molecule has 0 aromatic heterocycles. The third kappa shape index (κ3) is 5.81. The lowest BCUT2D eigenvalue weighted by Gasteiger charge is -2.38. The molecule has 0 radical (unpaired) electrons. The number of carboxylic acid groups (broad SMARTS) is 1. The molecule has 2 aromatic rings. The lowest BCUT2D eigenvalue weighted by molar-refractivity contribution is -0.271. The highest BCUT2D eigenvalue weighted by Gasteiger charge is 2.48. The van der Waals surface area contributed by atoms with Crippen LogP contribution in [0.2, 0.25) is 0 Å². The zero-order valence-corrected chi connectivity index (χ0v) is 19.3. The topological polar surface area (TPSA) is 166 Å². The molecule has 6 N–H and O–H groups in total. The SMILES string of the molecule is C=CC(O)c1ccc(O[C@@H]2O[C@H](C(=O)O)[C@@H](O)[C@H](O)[C@H]2O)c(-c2cc(CC(C)O)ccc2OC)c1. The van der Waals surface area contributed by atoms with E-state index in [9.17, 15) is 35.4 Å². The molecule has 0 amide bonds. The molecule has 7 atom stereocenters. The number of benzene rings is 2. The quantitative estimate of drug-likeness (QED) is 0.277. The molecule has 2 aromatic carbocycles. The summed E-state index contributed by atoms with van der Waals surface area (Å²) in [5.41, 5.74) is 2.18. The van der Waals surface area contributed by atoms with Crippen molar-refractivity contribution in [3.8, 4) is 22.6 Å². The van der Waals surface area contributed by atoms with Crippen molar-refractivity contribution >= 4 is 5.97 Å². The molecule has 2 unspecified atom stereocenters. The van der Waals surface area contributed by atoms with Crippen molar-refractivity contribution in [1.82, 2.24) is 0 Å². The van der Waals surface area contributed by atoms with E-state index in [1.54, 1.807) is 37.3 Å². The first-order valence-electron chi connectivity index (χ1n) is 11.0. The first-order valence-corrected chi connectivity index (χ1v) is 11.0. The summed E-state index contributed by atoms with van der Waals surface area (Å²) in [6.07, 6.45) is -8.81. The van der Waals surface area contributed by atoms with E-state index in [2.05, 4.69) is 6.58 Å². The smallest absolute Gasteiger partial charge is 0.335 e. The minimum atomic E-state index is -1.86. The lowest BCUT2D eigenvalue weighted by atomic mass is 9.95. The molecule has 0 saturated carbocycles. The van der Waals surface area contributed by atoms with Crippen LogP contribution in [-0.2, 0) is 16.0 Å². The number of hydrogen-bond acceptors (Lipinski definition) is 9. The summed E-state index contributed by atoms with van der Waals surface area (Å²) in [4.78, 5) is 11.5. The van der Waals surface area contributed by atoms with E-state index in [1.807, 2.05) is 0 Å². The first kappa shape index (κ1) is 26.6. The molecule has 10 nitrogen and oxygen atoms in total. The van der Waals surface area contributed by atoms with Gasteiger partial charge in [-0.1, -0.05) is 18.2 Å². The van der Waals surface area contributed by atoms with Gasteiger partial charge in [0.1, 0.15) is 29.8 Å². The van der Waals surface area contributed by atoms with Gasteiger partial charge >= 0.3 is 5.97 Å². The maximum atomic E-state index is 11.5. The minimum absolute atomic E-state index is 0.120. The highest BCUT2D eigenvalue weighted by Crippen LogP contribution is 2.40. The molecule has 1 aliphatic heterocycles. The molecule has 190 valence electrons. The predicted octanol–water partition coefficient (Wildman–Crippen LogP) is 0.776. The van der Waals surface area contributed by atoms with Crippen LogP contribution in [0, 0.1) is 0 Å². The number of aliphatic hydroxyl groups is 5. The molecule has 0 spiro atoms. The molecule has 35 heavy (non-hydrogen) atoms. The normalized spacial score (nSPS) is 26.0. The fourth-order valence-corrected chi connectivity index (χ4v) is 3.89. The van der Waals surface area contributed by atoms with Crippen LogP contribution < -0.4 is 9.47 Å². The van der Waals surface area contributed by atoms with Crippen LogP contribution in [0.4, 0.5) is 0 Å². The van der Waals surface area contributed by atoms with Crippen LogP contribution in [0.15, 0.2) is 49.1 Å². The van der Waals surface area contributed by atoms with Crippen molar-refractivity contribution in [2.45, 2.75) is 56.3 Å². The number of hydrogen-bond donors (Lipinski definition) is 6. The molecule has 1 aliphatic rings. The molecule has 1 heterocycles. The summed E-state index contributed by atoms with van der Waals surface area (Å²) < 4.78 is 16.6. The Morgan fingerprint density at radius 2 is 1.71 bits per heavy atom. The monoisotopic (exact) mass is 490 g/mol. The van der Waals surface area contributed by atoms with Gasteiger partial charge in [-0.25, -0.2) is 4.79 Å². The van der Waals surface area contributed by atoms with Crippen molar-refractivity contribution in [2.24, 2.45) is 0 Å². The molecule has 3 rings (SSSR count). The van der Waals surface area contributed by atoms with Gasteiger partial charge < -0.3 is 44.8 Å².